The number of nitrogens with zero attached hydrogens (tertiary/aromatic N) is 2. The fourth-order valence-electron chi connectivity index (χ4n) is 2.50. The van der Waals surface area contributed by atoms with Gasteiger partial charge in [0.25, 0.3) is 0 Å². The number of likely N-dealkylation sites (N-methyl/N-ethyl adjacent to an activating group) is 1. The Labute approximate surface area is 132 Å². The van der Waals surface area contributed by atoms with Crippen LogP contribution in [0.4, 0.5) is 0 Å². The van der Waals surface area contributed by atoms with Crippen LogP contribution >= 0.6 is 15.9 Å². The molecule has 0 spiro atoms. The molecule has 0 aliphatic carbocycles. The summed E-state index contributed by atoms with van der Waals surface area (Å²) in [6.07, 6.45) is 1.17. The highest BCUT2D eigenvalue weighted by atomic mass is 79.9. The van der Waals surface area contributed by atoms with Crippen LogP contribution in [0, 0.1) is 6.92 Å². The molecule has 0 amide bonds. The van der Waals surface area contributed by atoms with E-state index in [1.54, 1.807) is 0 Å². The van der Waals surface area contributed by atoms with Crippen molar-refractivity contribution in [1.82, 2.24) is 9.80 Å². The lowest BCUT2D eigenvalue weighted by Gasteiger charge is -2.31. The van der Waals surface area contributed by atoms with Gasteiger partial charge >= 0.3 is 0 Å². The van der Waals surface area contributed by atoms with Crippen molar-refractivity contribution in [3.63, 3.8) is 0 Å². The highest BCUT2D eigenvalue weighted by Crippen LogP contribution is 2.24. The van der Waals surface area contributed by atoms with Crippen molar-refractivity contribution >= 4 is 15.9 Å². The zero-order valence-corrected chi connectivity index (χ0v) is 14.8. The Hall–Kier alpha value is -0.420. The maximum Gasteiger partial charge on any atom is 0.0470 e. The van der Waals surface area contributed by atoms with Crippen molar-refractivity contribution in [2.75, 3.05) is 40.3 Å². The maximum atomic E-state index is 6.04. The highest BCUT2D eigenvalue weighted by molar-refractivity contribution is 9.10. The summed E-state index contributed by atoms with van der Waals surface area (Å²) in [6.45, 7) is 8.24. The molecule has 1 atom stereocenters. The molecule has 0 aliphatic rings. The topological polar surface area (TPSA) is 32.5 Å². The molecule has 1 aromatic rings. The molecule has 3 nitrogen and oxygen atoms in total. The minimum Gasteiger partial charge on any atom is -0.329 e. The van der Waals surface area contributed by atoms with E-state index in [2.05, 4.69) is 71.9 Å². The minimum atomic E-state index is 0.314. The van der Waals surface area contributed by atoms with E-state index in [0.29, 0.717) is 12.6 Å². The first-order valence-corrected chi connectivity index (χ1v) is 8.13. The number of hydrogen-bond donors (Lipinski definition) is 1. The van der Waals surface area contributed by atoms with Gasteiger partial charge in [-0.2, -0.15) is 0 Å². The standard InChI is InChI=1S/C16H28BrN3/c1-5-20(10-6-9-19(3)4)16(12-18)14-7-8-15(17)13(2)11-14/h7-8,11,16H,5-6,9-10,12,18H2,1-4H3. The van der Waals surface area contributed by atoms with E-state index >= 15 is 0 Å². The van der Waals surface area contributed by atoms with Crippen molar-refractivity contribution in [3.8, 4) is 0 Å². The number of halogens is 1. The lowest BCUT2D eigenvalue weighted by molar-refractivity contribution is 0.201. The van der Waals surface area contributed by atoms with Crippen LogP contribution in [-0.4, -0.2) is 50.1 Å². The first-order chi connectivity index (χ1) is 9.49. The van der Waals surface area contributed by atoms with Gasteiger partial charge in [0.1, 0.15) is 0 Å². The van der Waals surface area contributed by atoms with E-state index in [1.165, 1.54) is 17.5 Å². The number of benzene rings is 1. The van der Waals surface area contributed by atoms with Crippen LogP contribution in [0.3, 0.4) is 0 Å². The van der Waals surface area contributed by atoms with Gasteiger partial charge in [0.2, 0.25) is 0 Å². The van der Waals surface area contributed by atoms with Gasteiger partial charge in [-0.1, -0.05) is 35.0 Å². The second kappa shape index (κ2) is 8.78. The monoisotopic (exact) mass is 341 g/mol. The minimum absolute atomic E-state index is 0.314. The van der Waals surface area contributed by atoms with E-state index in [9.17, 15) is 0 Å². The van der Waals surface area contributed by atoms with Crippen molar-refractivity contribution in [2.24, 2.45) is 5.73 Å². The van der Waals surface area contributed by atoms with E-state index in [4.69, 9.17) is 5.73 Å². The summed E-state index contributed by atoms with van der Waals surface area (Å²) in [5.41, 5.74) is 8.63. The van der Waals surface area contributed by atoms with Crippen LogP contribution in [0.15, 0.2) is 22.7 Å². The van der Waals surface area contributed by atoms with Gasteiger partial charge in [0.15, 0.2) is 0 Å². The van der Waals surface area contributed by atoms with Crippen molar-refractivity contribution in [2.45, 2.75) is 26.3 Å². The second-order valence-corrected chi connectivity index (χ2v) is 6.40. The van der Waals surface area contributed by atoms with Gasteiger partial charge < -0.3 is 10.6 Å². The van der Waals surface area contributed by atoms with Crippen LogP contribution in [-0.2, 0) is 0 Å². The molecule has 1 rings (SSSR count). The average Bonchev–Trinajstić information content (AvgIpc) is 2.41. The fraction of sp³-hybridized carbons (Fsp3) is 0.625. The van der Waals surface area contributed by atoms with E-state index < -0.39 is 0 Å². The highest BCUT2D eigenvalue weighted by Gasteiger charge is 2.17. The van der Waals surface area contributed by atoms with Gasteiger partial charge in [-0.05, 0) is 57.7 Å². The summed E-state index contributed by atoms with van der Waals surface area (Å²) in [7, 11) is 4.24. The van der Waals surface area contributed by atoms with Crippen LogP contribution in [0.25, 0.3) is 0 Å². The quantitative estimate of drug-likeness (QED) is 0.788. The van der Waals surface area contributed by atoms with Gasteiger partial charge in [-0.15, -0.1) is 0 Å². The van der Waals surface area contributed by atoms with Gasteiger partial charge in [0.05, 0.1) is 0 Å². The lowest BCUT2D eigenvalue weighted by Crippen LogP contribution is -2.35. The fourth-order valence-corrected chi connectivity index (χ4v) is 2.74. The zero-order valence-electron chi connectivity index (χ0n) is 13.2. The molecule has 1 aromatic carbocycles. The molecule has 2 N–H and O–H groups in total. The number of nitrogens with two attached hydrogens (primary N) is 1. The maximum absolute atomic E-state index is 6.04. The molecule has 0 saturated carbocycles. The zero-order chi connectivity index (χ0) is 15.1. The lowest BCUT2D eigenvalue weighted by atomic mass is 10.0. The molecule has 0 radical (unpaired) electrons. The summed E-state index contributed by atoms with van der Waals surface area (Å²) in [5, 5.41) is 0. The molecule has 0 aromatic heterocycles. The van der Waals surface area contributed by atoms with Crippen LogP contribution in [0.5, 0.6) is 0 Å². The van der Waals surface area contributed by atoms with Crippen molar-refractivity contribution < 1.29 is 0 Å². The van der Waals surface area contributed by atoms with Gasteiger partial charge in [-0.25, -0.2) is 0 Å². The molecule has 0 fully saturated rings. The van der Waals surface area contributed by atoms with E-state index in [1.807, 2.05) is 0 Å². The first kappa shape index (κ1) is 17.6. The largest absolute Gasteiger partial charge is 0.329 e. The van der Waals surface area contributed by atoms with Crippen molar-refractivity contribution in [3.05, 3.63) is 33.8 Å². The third-order valence-corrected chi connectivity index (χ3v) is 4.58. The molecule has 20 heavy (non-hydrogen) atoms. The number of aryl methyl sites for hydroxylation is 1. The molecule has 0 heterocycles. The van der Waals surface area contributed by atoms with Gasteiger partial charge in [0, 0.05) is 23.6 Å². The molecule has 1 unspecified atom stereocenters. The third kappa shape index (κ3) is 5.17. The van der Waals surface area contributed by atoms with E-state index in [-0.39, 0.29) is 0 Å². The Morgan fingerprint density at radius 3 is 2.45 bits per heavy atom. The van der Waals surface area contributed by atoms with Gasteiger partial charge in [-0.3, -0.25) is 4.90 Å². The Kier molecular flexibility index (Phi) is 7.74. The summed E-state index contributed by atoms with van der Waals surface area (Å²) in [6, 6.07) is 6.87. The molecule has 0 saturated heterocycles. The number of hydrogen-bond acceptors (Lipinski definition) is 3. The molecular formula is C16H28BrN3. The predicted octanol–water partition coefficient (Wildman–Crippen LogP) is 3.03. The Morgan fingerprint density at radius 1 is 1.25 bits per heavy atom. The Morgan fingerprint density at radius 2 is 1.95 bits per heavy atom. The van der Waals surface area contributed by atoms with Crippen LogP contribution in [0.2, 0.25) is 0 Å². The SMILES string of the molecule is CCN(CCCN(C)C)C(CN)c1ccc(Br)c(C)c1. The van der Waals surface area contributed by atoms with Crippen molar-refractivity contribution in [1.29, 1.82) is 0 Å². The van der Waals surface area contributed by atoms with E-state index in [0.717, 1.165) is 24.1 Å². The first-order valence-electron chi connectivity index (χ1n) is 7.34. The second-order valence-electron chi connectivity index (χ2n) is 5.55. The molecule has 4 heteroatoms. The summed E-state index contributed by atoms with van der Waals surface area (Å²) < 4.78 is 1.16. The summed E-state index contributed by atoms with van der Waals surface area (Å²) in [4.78, 5) is 4.71. The Balaban J connectivity index is 2.77. The molecule has 114 valence electrons. The molecule has 0 aliphatic heterocycles. The smallest absolute Gasteiger partial charge is 0.0470 e. The molecule has 0 bridgehead atoms. The predicted molar refractivity (Wildman–Crippen MR) is 91.1 cm³/mol. The average molecular weight is 342 g/mol. The number of rotatable bonds is 8. The summed E-state index contributed by atoms with van der Waals surface area (Å²) >= 11 is 3.56. The van der Waals surface area contributed by atoms with Crippen LogP contribution in [0.1, 0.15) is 30.5 Å². The normalized spacial score (nSPS) is 13.2. The third-order valence-electron chi connectivity index (χ3n) is 3.69. The Bertz CT molecular complexity index is 407. The van der Waals surface area contributed by atoms with Crippen LogP contribution < -0.4 is 5.73 Å². The summed E-state index contributed by atoms with van der Waals surface area (Å²) in [5.74, 6) is 0. The molecular weight excluding hydrogens is 314 g/mol.